The van der Waals surface area contributed by atoms with Gasteiger partial charge in [0, 0.05) is 6.54 Å². The number of benzene rings is 2. The van der Waals surface area contributed by atoms with Crippen LogP contribution in [0.2, 0.25) is 0 Å². The van der Waals surface area contributed by atoms with Gasteiger partial charge in [-0.05, 0) is 30.2 Å². The van der Waals surface area contributed by atoms with Gasteiger partial charge in [0.25, 0.3) is 0 Å². The first-order valence-corrected chi connectivity index (χ1v) is 7.08. The number of esters is 1. The van der Waals surface area contributed by atoms with E-state index in [0.717, 1.165) is 11.1 Å². The standard InChI is InChI=1S/C18H19NO3/c1-13-3-5-14(6-4-13)11-17(20)19-12-15-7-9-16(10-8-15)18(21)22-2/h3-10H,11-12H2,1-2H3,(H,19,20). The van der Waals surface area contributed by atoms with Crippen molar-refractivity contribution in [3.8, 4) is 0 Å². The van der Waals surface area contributed by atoms with Crippen molar-refractivity contribution in [2.75, 3.05) is 7.11 Å². The van der Waals surface area contributed by atoms with E-state index in [4.69, 9.17) is 0 Å². The van der Waals surface area contributed by atoms with Crippen molar-refractivity contribution in [3.63, 3.8) is 0 Å². The molecule has 0 aromatic heterocycles. The van der Waals surface area contributed by atoms with Crippen LogP contribution in [0.25, 0.3) is 0 Å². The molecule has 0 aliphatic heterocycles. The van der Waals surface area contributed by atoms with Crippen molar-refractivity contribution in [2.24, 2.45) is 0 Å². The Morgan fingerprint density at radius 3 is 2.14 bits per heavy atom. The van der Waals surface area contributed by atoms with Gasteiger partial charge < -0.3 is 10.1 Å². The Bertz CT molecular complexity index is 645. The molecule has 2 aromatic rings. The van der Waals surface area contributed by atoms with Crippen LogP contribution in [-0.4, -0.2) is 19.0 Å². The molecular formula is C18H19NO3. The van der Waals surface area contributed by atoms with Crippen molar-refractivity contribution in [1.82, 2.24) is 5.32 Å². The average molecular weight is 297 g/mol. The van der Waals surface area contributed by atoms with Crippen LogP contribution >= 0.6 is 0 Å². The maximum atomic E-state index is 11.9. The van der Waals surface area contributed by atoms with Crippen LogP contribution in [0.15, 0.2) is 48.5 Å². The molecule has 22 heavy (non-hydrogen) atoms. The van der Waals surface area contributed by atoms with E-state index in [9.17, 15) is 9.59 Å². The lowest BCUT2D eigenvalue weighted by atomic mass is 10.1. The summed E-state index contributed by atoms with van der Waals surface area (Å²) in [5, 5.41) is 2.87. The second-order valence-electron chi connectivity index (χ2n) is 5.13. The molecular weight excluding hydrogens is 278 g/mol. The molecule has 1 amide bonds. The third kappa shape index (κ3) is 4.45. The van der Waals surface area contributed by atoms with Crippen LogP contribution in [-0.2, 0) is 22.5 Å². The van der Waals surface area contributed by atoms with Crippen molar-refractivity contribution in [3.05, 3.63) is 70.8 Å². The molecule has 0 atom stereocenters. The molecule has 0 unspecified atom stereocenters. The number of carbonyl (C=O) groups excluding carboxylic acids is 2. The number of rotatable bonds is 5. The summed E-state index contributed by atoms with van der Waals surface area (Å²) < 4.78 is 4.64. The number of hydrogen-bond donors (Lipinski definition) is 1. The predicted molar refractivity (Wildman–Crippen MR) is 84.5 cm³/mol. The van der Waals surface area contributed by atoms with Crippen LogP contribution in [0.5, 0.6) is 0 Å². The number of methoxy groups -OCH3 is 1. The molecule has 0 bridgehead atoms. The largest absolute Gasteiger partial charge is 0.465 e. The van der Waals surface area contributed by atoms with Gasteiger partial charge in [-0.15, -0.1) is 0 Å². The third-order valence-corrected chi connectivity index (χ3v) is 3.35. The summed E-state index contributed by atoms with van der Waals surface area (Å²) in [6.45, 7) is 2.45. The summed E-state index contributed by atoms with van der Waals surface area (Å²) in [6, 6.07) is 14.9. The Kier molecular flexibility index (Phi) is 5.31. The second kappa shape index (κ2) is 7.41. The molecule has 0 saturated heterocycles. The molecule has 114 valence electrons. The maximum absolute atomic E-state index is 11.9. The highest BCUT2D eigenvalue weighted by atomic mass is 16.5. The first-order chi connectivity index (χ1) is 10.6. The zero-order valence-corrected chi connectivity index (χ0v) is 12.8. The van der Waals surface area contributed by atoms with E-state index >= 15 is 0 Å². The van der Waals surface area contributed by atoms with Gasteiger partial charge in [-0.25, -0.2) is 4.79 Å². The summed E-state index contributed by atoms with van der Waals surface area (Å²) >= 11 is 0. The lowest BCUT2D eigenvalue weighted by molar-refractivity contribution is -0.120. The van der Waals surface area contributed by atoms with E-state index in [2.05, 4.69) is 10.1 Å². The Labute approximate surface area is 130 Å². The maximum Gasteiger partial charge on any atom is 0.337 e. The van der Waals surface area contributed by atoms with Gasteiger partial charge >= 0.3 is 5.97 Å². The van der Waals surface area contributed by atoms with Gasteiger partial charge in [-0.1, -0.05) is 42.0 Å². The Morgan fingerprint density at radius 2 is 1.55 bits per heavy atom. The zero-order chi connectivity index (χ0) is 15.9. The number of amides is 1. The van der Waals surface area contributed by atoms with Gasteiger partial charge in [0.1, 0.15) is 0 Å². The van der Waals surface area contributed by atoms with E-state index in [1.165, 1.54) is 12.7 Å². The molecule has 0 fully saturated rings. The minimum atomic E-state index is -0.366. The smallest absolute Gasteiger partial charge is 0.337 e. The lowest BCUT2D eigenvalue weighted by Gasteiger charge is -2.06. The van der Waals surface area contributed by atoms with Crippen molar-refractivity contribution in [2.45, 2.75) is 19.9 Å². The normalized spacial score (nSPS) is 10.1. The summed E-state index contributed by atoms with van der Waals surface area (Å²) in [6.07, 6.45) is 0.362. The van der Waals surface area contributed by atoms with Crippen molar-refractivity contribution >= 4 is 11.9 Å². The van der Waals surface area contributed by atoms with Crippen LogP contribution in [0, 0.1) is 6.92 Å². The van der Waals surface area contributed by atoms with Crippen LogP contribution in [0.3, 0.4) is 0 Å². The monoisotopic (exact) mass is 297 g/mol. The molecule has 0 spiro atoms. The van der Waals surface area contributed by atoms with Gasteiger partial charge in [-0.3, -0.25) is 4.79 Å². The van der Waals surface area contributed by atoms with E-state index in [-0.39, 0.29) is 11.9 Å². The molecule has 2 rings (SSSR count). The van der Waals surface area contributed by atoms with Crippen molar-refractivity contribution < 1.29 is 14.3 Å². The molecule has 0 aliphatic carbocycles. The van der Waals surface area contributed by atoms with Gasteiger partial charge in [0.05, 0.1) is 19.1 Å². The molecule has 1 N–H and O–H groups in total. The fourth-order valence-corrected chi connectivity index (χ4v) is 2.03. The molecule has 4 nitrogen and oxygen atoms in total. The quantitative estimate of drug-likeness (QED) is 0.863. The number of carbonyl (C=O) groups is 2. The van der Waals surface area contributed by atoms with Gasteiger partial charge in [0.15, 0.2) is 0 Å². The molecule has 0 saturated carbocycles. The third-order valence-electron chi connectivity index (χ3n) is 3.35. The SMILES string of the molecule is COC(=O)c1ccc(CNC(=O)Cc2ccc(C)cc2)cc1. The topological polar surface area (TPSA) is 55.4 Å². The number of aryl methyl sites for hydroxylation is 1. The molecule has 4 heteroatoms. The summed E-state index contributed by atoms with van der Waals surface area (Å²) in [5.74, 6) is -0.393. The molecule has 0 heterocycles. The molecule has 2 aromatic carbocycles. The fourth-order valence-electron chi connectivity index (χ4n) is 2.03. The predicted octanol–water partition coefficient (Wildman–Crippen LogP) is 2.64. The highest BCUT2D eigenvalue weighted by molar-refractivity contribution is 5.89. The summed E-state index contributed by atoms with van der Waals surface area (Å²) in [7, 11) is 1.35. The van der Waals surface area contributed by atoms with Crippen LogP contribution in [0.4, 0.5) is 0 Å². The first kappa shape index (κ1) is 15.8. The fraction of sp³-hybridized carbons (Fsp3) is 0.222. The Balaban J connectivity index is 1.85. The molecule has 0 radical (unpaired) electrons. The summed E-state index contributed by atoms with van der Waals surface area (Å²) in [5.41, 5.74) is 3.60. The van der Waals surface area contributed by atoms with E-state index in [1.54, 1.807) is 24.3 Å². The Morgan fingerprint density at radius 1 is 0.955 bits per heavy atom. The first-order valence-electron chi connectivity index (χ1n) is 7.08. The van der Waals surface area contributed by atoms with E-state index < -0.39 is 0 Å². The van der Waals surface area contributed by atoms with Gasteiger partial charge in [-0.2, -0.15) is 0 Å². The lowest BCUT2D eigenvalue weighted by Crippen LogP contribution is -2.24. The molecule has 0 aliphatic rings. The minimum Gasteiger partial charge on any atom is -0.465 e. The van der Waals surface area contributed by atoms with E-state index in [0.29, 0.717) is 18.5 Å². The van der Waals surface area contributed by atoms with Crippen LogP contribution < -0.4 is 5.32 Å². The highest BCUT2D eigenvalue weighted by Crippen LogP contribution is 2.07. The average Bonchev–Trinajstić information content (AvgIpc) is 2.55. The van der Waals surface area contributed by atoms with E-state index in [1.807, 2.05) is 31.2 Å². The zero-order valence-electron chi connectivity index (χ0n) is 12.8. The van der Waals surface area contributed by atoms with Crippen molar-refractivity contribution in [1.29, 1.82) is 0 Å². The van der Waals surface area contributed by atoms with Gasteiger partial charge in [0.2, 0.25) is 5.91 Å². The Hall–Kier alpha value is -2.62. The number of ether oxygens (including phenoxy) is 1. The minimum absolute atomic E-state index is 0.0269. The van der Waals surface area contributed by atoms with Crippen LogP contribution in [0.1, 0.15) is 27.0 Å². The number of nitrogens with one attached hydrogen (secondary N) is 1. The number of hydrogen-bond acceptors (Lipinski definition) is 3. The summed E-state index contributed by atoms with van der Waals surface area (Å²) in [4.78, 5) is 23.2. The highest BCUT2D eigenvalue weighted by Gasteiger charge is 2.06. The second-order valence-corrected chi connectivity index (χ2v) is 5.13.